The van der Waals surface area contributed by atoms with Crippen molar-refractivity contribution in [2.45, 2.75) is 0 Å². The van der Waals surface area contributed by atoms with Gasteiger partial charge in [0.1, 0.15) is 5.75 Å². The van der Waals surface area contributed by atoms with Crippen LogP contribution >= 0.6 is 15.9 Å². The smallest absolute Gasteiger partial charge is 0.121 e. The maximum Gasteiger partial charge on any atom is 0.121 e. The minimum Gasteiger partial charge on any atom is -0.497 e. The van der Waals surface area contributed by atoms with Crippen LogP contribution < -0.4 is 10.1 Å². The van der Waals surface area contributed by atoms with Crippen molar-refractivity contribution >= 4 is 38.2 Å². The van der Waals surface area contributed by atoms with Crippen molar-refractivity contribution in [3.05, 3.63) is 59.2 Å². The van der Waals surface area contributed by atoms with Gasteiger partial charge in [0, 0.05) is 27.8 Å². The summed E-state index contributed by atoms with van der Waals surface area (Å²) in [4.78, 5) is 4.38. The zero-order chi connectivity index (χ0) is 13.9. The van der Waals surface area contributed by atoms with Crippen molar-refractivity contribution in [1.82, 2.24) is 4.98 Å². The molecule has 0 spiro atoms. The Morgan fingerprint density at radius 2 is 1.90 bits per heavy atom. The van der Waals surface area contributed by atoms with Crippen LogP contribution in [0.3, 0.4) is 0 Å². The molecule has 20 heavy (non-hydrogen) atoms. The molecule has 0 unspecified atom stereocenters. The molecule has 0 radical (unpaired) electrons. The third kappa shape index (κ3) is 2.47. The van der Waals surface area contributed by atoms with Crippen LogP contribution in [0.2, 0.25) is 0 Å². The zero-order valence-electron chi connectivity index (χ0n) is 10.9. The maximum absolute atomic E-state index is 5.23. The van der Waals surface area contributed by atoms with E-state index in [0.717, 1.165) is 32.5 Å². The van der Waals surface area contributed by atoms with Gasteiger partial charge in [-0.2, -0.15) is 0 Å². The van der Waals surface area contributed by atoms with Crippen molar-refractivity contribution in [2.75, 3.05) is 12.4 Å². The number of para-hydroxylation sites is 1. The largest absolute Gasteiger partial charge is 0.497 e. The van der Waals surface area contributed by atoms with Gasteiger partial charge >= 0.3 is 0 Å². The number of rotatable bonds is 3. The van der Waals surface area contributed by atoms with Crippen LogP contribution in [0.5, 0.6) is 5.75 Å². The molecular formula is C16H13BrN2O. The van der Waals surface area contributed by atoms with Gasteiger partial charge in [0.05, 0.1) is 18.3 Å². The molecule has 1 heterocycles. The molecule has 3 nitrogen and oxygen atoms in total. The highest BCUT2D eigenvalue weighted by molar-refractivity contribution is 9.10. The van der Waals surface area contributed by atoms with Gasteiger partial charge in [-0.3, -0.25) is 4.98 Å². The first-order valence-electron chi connectivity index (χ1n) is 6.22. The van der Waals surface area contributed by atoms with E-state index in [0.29, 0.717) is 0 Å². The van der Waals surface area contributed by atoms with Gasteiger partial charge in [-0.1, -0.05) is 12.1 Å². The van der Waals surface area contributed by atoms with Crippen molar-refractivity contribution in [3.63, 3.8) is 0 Å². The number of nitrogens with zero attached hydrogens (tertiary/aromatic N) is 1. The van der Waals surface area contributed by atoms with Crippen LogP contribution in [0.4, 0.5) is 11.4 Å². The van der Waals surface area contributed by atoms with Gasteiger partial charge in [0.15, 0.2) is 0 Å². The Morgan fingerprint density at radius 1 is 1.05 bits per heavy atom. The molecule has 0 atom stereocenters. The molecule has 0 amide bonds. The number of hydrogen-bond donors (Lipinski definition) is 1. The van der Waals surface area contributed by atoms with Crippen LogP contribution in [0.15, 0.2) is 59.2 Å². The number of ether oxygens (including phenoxy) is 1. The zero-order valence-corrected chi connectivity index (χ0v) is 12.5. The molecular weight excluding hydrogens is 316 g/mol. The van der Waals surface area contributed by atoms with Gasteiger partial charge in [-0.25, -0.2) is 0 Å². The molecule has 100 valence electrons. The highest BCUT2D eigenvalue weighted by atomic mass is 79.9. The minimum atomic E-state index is 0.808. The normalized spacial score (nSPS) is 10.5. The highest BCUT2D eigenvalue weighted by Gasteiger charge is 2.05. The first-order valence-corrected chi connectivity index (χ1v) is 7.01. The van der Waals surface area contributed by atoms with Gasteiger partial charge in [-0.05, 0) is 46.3 Å². The number of benzene rings is 2. The summed E-state index contributed by atoms with van der Waals surface area (Å²) >= 11 is 3.54. The molecule has 0 saturated carbocycles. The second-order valence-corrected chi connectivity index (χ2v) is 5.20. The lowest BCUT2D eigenvalue weighted by Crippen LogP contribution is -1.93. The number of halogens is 1. The fourth-order valence-electron chi connectivity index (χ4n) is 2.07. The molecule has 0 aliphatic rings. The van der Waals surface area contributed by atoms with Crippen LogP contribution in [0.25, 0.3) is 10.9 Å². The van der Waals surface area contributed by atoms with E-state index < -0.39 is 0 Å². The molecule has 0 aliphatic carbocycles. The molecule has 0 saturated heterocycles. The standard InChI is InChI=1S/C16H13BrN2O/c1-20-11-6-7-12-14(8-9-18-16(12)10-11)19-15-5-3-2-4-13(15)17/h2-10H,1H3,(H,18,19). The molecule has 3 rings (SSSR count). The molecule has 1 aromatic heterocycles. The summed E-state index contributed by atoms with van der Waals surface area (Å²) < 4.78 is 6.26. The van der Waals surface area contributed by atoms with Gasteiger partial charge < -0.3 is 10.1 Å². The van der Waals surface area contributed by atoms with Crippen LogP contribution in [-0.2, 0) is 0 Å². The fraction of sp³-hybridized carbons (Fsp3) is 0.0625. The highest BCUT2D eigenvalue weighted by Crippen LogP contribution is 2.30. The Balaban J connectivity index is 2.06. The topological polar surface area (TPSA) is 34.1 Å². The molecule has 1 N–H and O–H groups in total. The van der Waals surface area contributed by atoms with E-state index in [2.05, 4.69) is 26.2 Å². The number of pyridine rings is 1. The van der Waals surface area contributed by atoms with Crippen molar-refractivity contribution in [2.24, 2.45) is 0 Å². The van der Waals surface area contributed by atoms with E-state index in [1.165, 1.54) is 0 Å². The predicted octanol–water partition coefficient (Wildman–Crippen LogP) is 4.75. The average molecular weight is 329 g/mol. The van der Waals surface area contributed by atoms with E-state index in [4.69, 9.17) is 4.74 Å². The monoisotopic (exact) mass is 328 g/mol. The first-order chi connectivity index (χ1) is 9.78. The van der Waals surface area contributed by atoms with E-state index in [1.807, 2.05) is 48.5 Å². The van der Waals surface area contributed by atoms with E-state index in [9.17, 15) is 0 Å². The van der Waals surface area contributed by atoms with Crippen molar-refractivity contribution in [3.8, 4) is 5.75 Å². The van der Waals surface area contributed by atoms with Gasteiger partial charge in [0.2, 0.25) is 0 Å². The second kappa shape index (κ2) is 5.51. The maximum atomic E-state index is 5.23. The summed E-state index contributed by atoms with van der Waals surface area (Å²) in [5, 5.41) is 4.48. The summed E-state index contributed by atoms with van der Waals surface area (Å²) in [6.45, 7) is 0. The molecule has 2 aromatic carbocycles. The number of nitrogens with one attached hydrogen (secondary N) is 1. The van der Waals surface area contributed by atoms with E-state index in [-0.39, 0.29) is 0 Å². The van der Waals surface area contributed by atoms with Gasteiger partial charge in [-0.15, -0.1) is 0 Å². The SMILES string of the molecule is COc1ccc2c(Nc3ccccc3Br)ccnc2c1. The molecule has 4 heteroatoms. The Labute approximate surface area is 125 Å². The van der Waals surface area contributed by atoms with Crippen LogP contribution in [0.1, 0.15) is 0 Å². The van der Waals surface area contributed by atoms with E-state index >= 15 is 0 Å². The lowest BCUT2D eigenvalue weighted by molar-refractivity contribution is 0.415. The third-order valence-corrected chi connectivity index (χ3v) is 3.78. The predicted molar refractivity (Wildman–Crippen MR) is 85.7 cm³/mol. The number of hydrogen-bond acceptors (Lipinski definition) is 3. The molecule has 0 aliphatic heterocycles. The Hall–Kier alpha value is -2.07. The van der Waals surface area contributed by atoms with Gasteiger partial charge in [0.25, 0.3) is 0 Å². The number of aromatic nitrogens is 1. The first kappa shape index (κ1) is 12.9. The molecule has 3 aromatic rings. The Kier molecular flexibility index (Phi) is 3.56. The van der Waals surface area contributed by atoms with Crippen molar-refractivity contribution in [1.29, 1.82) is 0 Å². The van der Waals surface area contributed by atoms with Crippen LogP contribution in [0, 0.1) is 0 Å². The minimum absolute atomic E-state index is 0.808. The number of anilines is 2. The lowest BCUT2D eigenvalue weighted by Gasteiger charge is -2.11. The molecule has 0 fully saturated rings. The average Bonchev–Trinajstić information content (AvgIpc) is 2.49. The van der Waals surface area contributed by atoms with E-state index in [1.54, 1.807) is 13.3 Å². The lowest BCUT2D eigenvalue weighted by atomic mass is 10.1. The van der Waals surface area contributed by atoms with Crippen LogP contribution in [-0.4, -0.2) is 12.1 Å². The summed E-state index contributed by atoms with van der Waals surface area (Å²) in [5.74, 6) is 0.808. The number of fused-ring (bicyclic) bond motifs is 1. The fourth-order valence-corrected chi connectivity index (χ4v) is 2.46. The summed E-state index contributed by atoms with van der Waals surface area (Å²) in [6.07, 6.45) is 1.79. The second-order valence-electron chi connectivity index (χ2n) is 4.35. The summed E-state index contributed by atoms with van der Waals surface area (Å²) in [7, 11) is 1.66. The summed E-state index contributed by atoms with van der Waals surface area (Å²) in [5.41, 5.74) is 2.95. The third-order valence-electron chi connectivity index (χ3n) is 3.09. The Morgan fingerprint density at radius 3 is 2.70 bits per heavy atom. The Bertz CT molecular complexity index is 758. The summed E-state index contributed by atoms with van der Waals surface area (Å²) in [6, 6.07) is 15.9. The number of methoxy groups -OCH3 is 1. The quantitative estimate of drug-likeness (QED) is 0.753. The van der Waals surface area contributed by atoms with Crippen molar-refractivity contribution < 1.29 is 4.74 Å². The molecule has 0 bridgehead atoms.